The Morgan fingerprint density at radius 1 is 1.18 bits per heavy atom. The van der Waals surface area contributed by atoms with Crippen LogP contribution in [0.25, 0.3) is 0 Å². The van der Waals surface area contributed by atoms with Crippen molar-refractivity contribution in [3.63, 3.8) is 0 Å². The van der Waals surface area contributed by atoms with Crippen LogP contribution in [0.2, 0.25) is 0 Å². The minimum atomic E-state index is 0.156. The van der Waals surface area contributed by atoms with Crippen molar-refractivity contribution in [2.45, 2.75) is 13.8 Å². The molecule has 0 saturated heterocycles. The molecule has 0 fully saturated rings. The zero-order valence-electron chi connectivity index (χ0n) is 11.7. The fourth-order valence-corrected chi connectivity index (χ4v) is 1.38. The highest BCUT2D eigenvalue weighted by atomic mass is 16.5. The minimum absolute atomic E-state index is 0.156. The van der Waals surface area contributed by atoms with Crippen LogP contribution in [0.3, 0.4) is 0 Å². The molecule has 0 aromatic heterocycles. The quantitative estimate of drug-likeness (QED) is 0.551. The number of nitrogens with zero attached hydrogens (tertiary/aromatic N) is 2. The van der Waals surface area contributed by atoms with Gasteiger partial charge in [0.2, 0.25) is 5.91 Å². The van der Waals surface area contributed by atoms with Crippen LogP contribution >= 0.6 is 0 Å². The molecule has 0 aliphatic rings. The second-order valence-electron chi connectivity index (χ2n) is 4.16. The lowest BCUT2D eigenvalue weighted by molar-refractivity contribution is -0.129. The van der Waals surface area contributed by atoms with E-state index in [0.717, 1.165) is 32.8 Å². The Morgan fingerprint density at radius 2 is 1.82 bits per heavy atom. The molecule has 0 saturated carbocycles. The van der Waals surface area contributed by atoms with E-state index in [2.05, 4.69) is 10.2 Å². The van der Waals surface area contributed by atoms with Gasteiger partial charge < -0.3 is 19.9 Å². The van der Waals surface area contributed by atoms with Crippen molar-refractivity contribution >= 4 is 5.91 Å². The second-order valence-corrected chi connectivity index (χ2v) is 4.16. The molecule has 0 aliphatic heterocycles. The predicted octanol–water partition coefficient (Wildman–Crippen LogP) is 0.0226. The summed E-state index contributed by atoms with van der Waals surface area (Å²) in [6.45, 7) is 8.97. The summed E-state index contributed by atoms with van der Waals surface area (Å²) < 4.78 is 5.41. The topological polar surface area (TPSA) is 44.8 Å². The van der Waals surface area contributed by atoms with Gasteiger partial charge in [-0.15, -0.1) is 0 Å². The van der Waals surface area contributed by atoms with Crippen LogP contribution in [0, 0.1) is 0 Å². The molecule has 5 nitrogen and oxygen atoms in total. The van der Waals surface area contributed by atoms with Gasteiger partial charge in [0, 0.05) is 26.2 Å². The Balaban J connectivity index is 3.36. The number of nitrogens with one attached hydrogen (secondary N) is 1. The van der Waals surface area contributed by atoms with Crippen molar-refractivity contribution in [3.05, 3.63) is 0 Å². The summed E-state index contributed by atoms with van der Waals surface area (Å²) in [6.07, 6.45) is 0. The Bertz CT molecular complexity index is 194. The van der Waals surface area contributed by atoms with E-state index >= 15 is 0 Å². The highest BCUT2D eigenvalue weighted by molar-refractivity contribution is 5.78. The zero-order valence-corrected chi connectivity index (χ0v) is 11.7. The van der Waals surface area contributed by atoms with Crippen LogP contribution in [0.5, 0.6) is 0 Å². The first-order valence-electron chi connectivity index (χ1n) is 6.32. The van der Waals surface area contributed by atoms with E-state index < -0.39 is 0 Å². The lowest BCUT2D eigenvalue weighted by atomic mass is 10.4. The summed E-state index contributed by atoms with van der Waals surface area (Å²) in [6, 6.07) is 0. The Labute approximate surface area is 105 Å². The Hall–Kier alpha value is -0.650. The molecule has 0 aliphatic carbocycles. The molecular formula is C12H27N3O2. The molecule has 0 spiro atoms. The Morgan fingerprint density at radius 3 is 2.35 bits per heavy atom. The number of carbonyl (C=O) groups is 1. The van der Waals surface area contributed by atoms with E-state index in [0.29, 0.717) is 13.2 Å². The highest BCUT2D eigenvalue weighted by Crippen LogP contribution is 1.87. The average Bonchev–Trinajstić information content (AvgIpc) is 2.29. The standard InChI is InChI=1S/C12H27N3O2/c1-5-15(6-2)12(16)11-13-7-9-17-10-8-14(3)4/h13H,5-11H2,1-4H3. The average molecular weight is 245 g/mol. The van der Waals surface area contributed by atoms with Crippen LogP contribution in [-0.2, 0) is 9.53 Å². The monoisotopic (exact) mass is 245 g/mol. The maximum atomic E-state index is 11.6. The first-order chi connectivity index (χ1) is 8.11. The predicted molar refractivity (Wildman–Crippen MR) is 70.2 cm³/mol. The molecule has 0 bridgehead atoms. The van der Waals surface area contributed by atoms with Gasteiger partial charge in [0.05, 0.1) is 19.8 Å². The summed E-state index contributed by atoms with van der Waals surface area (Å²) in [4.78, 5) is 15.5. The third kappa shape index (κ3) is 9.09. The fraction of sp³-hybridized carbons (Fsp3) is 0.917. The third-order valence-electron chi connectivity index (χ3n) is 2.50. The number of hydrogen-bond donors (Lipinski definition) is 1. The van der Waals surface area contributed by atoms with Crippen LogP contribution in [0.15, 0.2) is 0 Å². The van der Waals surface area contributed by atoms with Gasteiger partial charge in [0.15, 0.2) is 0 Å². The Kier molecular flexibility index (Phi) is 10.1. The molecule has 0 rings (SSSR count). The van der Waals surface area contributed by atoms with Gasteiger partial charge in [-0.3, -0.25) is 4.79 Å². The van der Waals surface area contributed by atoms with E-state index in [9.17, 15) is 4.79 Å². The number of carbonyl (C=O) groups excluding carboxylic acids is 1. The largest absolute Gasteiger partial charge is 0.379 e. The molecule has 0 aromatic rings. The molecule has 102 valence electrons. The van der Waals surface area contributed by atoms with Gasteiger partial charge >= 0.3 is 0 Å². The summed E-state index contributed by atoms with van der Waals surface area (Å²) >= 11 is 0. The normalized spacial score (nSPS) is 10.9. The summed E-state index contributed by atoms with van der Waals surface area (Å²) in [5, 5.41) is 3.09. The number of likely N-dealkylation sites (N-methyl/N-ethyl adjacent to an activating group) is 2. The molecule has 5 heteroatoms. The maximum Gasteiger partial charge on any atom is 0.236 e. The van der Waals surface area contributed by atoms with Crippen molar-refractivity contribution in [1.82, 2.24) is 15.1 Å². The van der Waals surface area contributed by atoms with Crippen LogP contribution < -0.4 is 5.32 Å². The lowest BCUT2D eigenvalue weighted by Gasteiger charge is -2.18. The SMILES string of the molecule is CCN(CC)C(=O)CNCCOCCN(C)C. The number of amides is 1. The lowest BCUT2D eigenvalue weighted by Crippen LogP contribution is -2.38. The molecule has 0 radical (unpaired) electrons. The third-order valence-corrected chi connectivity index (χ3v) is 2.50. The van der Waals surface area contributed by atoms with Gasteiger partial charge in [-0.1, -0.05) is 0 Å². The van der Waals surface area contributed by atoms with Crippen molar-refractivity contribution in [2.75, 3.05) is 60.0 Å². The molecule has 0 unspecified atom stereocenters. The van der Waals surface area contributed by atoms with Crippen molar-refractivity contribution in [1.29, 1.82) is 0 Å². The maximum absolute atomic E-state index is 11.6. The molecule has 0 heterocycles. The van der Waals surface area contributed by atoms with Crippen LogP contribution in [-0.4, -0.2) is 75.7 Å². The van der Waals surface area contributed by atoms with E-state index in [-0.39, 0.29) is 5.91 Å². The first-order valence-corrected chi connectivity index (χ1v) is 6.32. The summed E-state index contributed by atoms with van der Waals surface area (Å²) in [5.41, 5.74) is 0. The second kappa shape index (κ2) is 10.5. The van der Waals surface area contributed by atoms with Gasteiger partial charge in [-0.25, -0.2) is 0 Å². The molecule has 0 aromatic carbocycles. The summed E-state index contributed by atoms with van der Waals surface area (Å²) in [5.74, 6) is 0.156. The van der Waals surface area contributed by atoms with E-state index in [1.165, 1.54) is 0 Å². The molecular weight excluding hydrogens is 218 g/mol. The van der Waals surface area contributed by atoms with E-state index in [1.54, 1.807) is 0 Å². The fourth-order valence-electron chi connectivity index (χ4n) is 1.38. The first kappa shape index (κ1) is 16.4. The van der Waals surface area contributed by atoms with Gasteiger partial charge in [-0.2, -0.15) is 0 Å². The number of ether oxygens (including phenoxy) is 1. The van der Waals surface area contributed by atoms with Crippen LogP contribution in [0.4, 0.5) is 0 Å². The molecule has 0 atom stereocenters. The van der Waals surface area contributed by atoms with Crippen molar-refractivity contribution in [3.8, 4) is 0 Å². The van der Waals surface area contributed by atoms with E-state index in [4.69, 9.17) is 4.74 Å². The van der Waals surface area contributed by atoms with Crippen molar-refractivity contribution < 1.29 is 9.53 Å². The van der Waals surface area contributed by atoms with Gasteiger partial charge in [0.1, 0.15) is 0 Å². The molecule has 17 heavy (non-hydrogen) atoms. The number of rotatable bonds is 10. The highest BCUT2D eigenvalue weighted by Gasteiger charge is 2.07. The molecule has 1 N–H and O–H groups in total. The zero-order chi connectivity index (χ0) is 13.1. The van der Waals surface area contributed by atoms with Crippen LogP contribution in [0.1, 0.15) is 13.8 Å². The number of hydrogen-bond acceptors (Lipinski definition) is 4. The van der Waals surface area contributed by atoms with Gasteiger partial charge in [-0.05, 0) is 27.9 Å². The van der Waals surface area contributed by atoms with Crippen molar-refractivity contribution in [2.24, 2.45) is 0 Å². The minimum Gasteiger partial charge on any atom is -0.379 e. The smallest absolute Gasteiger partial charge is 0.236 e. The van der Waals surface area contributed by atoms with Gasteiger partial charge in [0.25, 0.3) is 0 Å². The van der Waals surface area contributed by atoms with E-state index in [1.807, 2.05) is 32.8 Å². The summed E-state index contributed by atoms with van der Waals surface area (Å²) in [7, 11) is 4.04. The molecule has 1 amide bonds.